The van der Waals surface area contributed by atoms with E-state index in [9.17, 15) is 4.79 Å². The van der Waals surface area contributed by atoms with Gasteiger partial charge in [-0.15, -0.1) is 0 Å². The van der Waals surface area contributed by atoms with Crippen LogP contribution in [-0.4, -0.2) is 25.7 Å². The van der Waals surface area contributed by atoms with Crippen LogP contribution in [-0.2, 0) is 11.3 Å². The largest absolute Gasteiger partial charge is 0.347 e. The number of rotatable bonds is 4. The third-order valence-electron chi connectivity index (χ3n) is 3.96. The molecule has 3 aromatic rings. The fourth-order valence-corrected chi connectivity index (χ4v) is 2.40. The van der Waals surface area contributed by atoms with E-state index >= 15 is 0 Å². The van der Waals surface area contributed by atoms with Crippen molar-refractivity contribution in [2.45, 2.75) is 33.4 Å². The van der Waals surface area contributed by atoms with E-state index in [1.165, 1.54) is 5.56 Å². The number of aromatic nitrogens is 4. The first-order chi connectivity index (χ1) is 10.6. The highest BCUT2D eigenvalue weighted by Crippen LogP contribution is 2.19. The van der Waals surface area contributed by atoms with E-state index in [2.05, 4.69) is 40.3 Å². The van der Waals surface area contributed by atoms with Gasteiger partial charge in [0.15, 0.2) is 0 Å². The lowest BCUT2D eigenvalue weighted by atomic mass is 10.1. The second kappa shape index (κ2) is 5.63. The van der Waals surface area contributed by atoms with Crippen molar-refractivity contribution >= 4 is 16.9 Å². The third-order valence-corrected chi connectivity index (χ3v) is 3.96. The SMILES string of the molecule is Cc1ccc2[nH]c(CNC(=O)[C@H](C)n3cccn3)nc2c1C. The minimum Gasteiger partial charge on any atom is -0.347 e. The van der Waals surface area contributed by atoms with Crippen molar-refractivity contribution in [3.05, 3.63) is 47.5 Å². The summed E-state index contributed by atoms with van der Waals surface area (Å²) in [5, 5.41) is 6.97. The van der Waals surface area contributed by atoms with E-state index in [0.29, 0.717) is 6.54 Å². The molecule has 0 aliphatic rings. The Morgan fingerprint density at radius 3 is 2.95 bits per heavy atom. The summed E-state index contributed by atoms with van der Waals surface area (Å²) in [4.78, 5) is 20.0. The fraction of sp³-hybridized carbons (Fsp3) is 0.312. The summed E-state index contributed by atoms with van der Waals surface area (Å²) >= 11 is 0. The van der Waals surface area contributed by atoms with Gasteiger partial charge in [0.1, 0.15) is 11.9 Å². The Morgan fingerprint density at radius 2 is 2.23 bits per heavy atom. The molecule has 0 aliphatic carbocycles. The van der Waals surface area contributed by atoms with Gasteiger partial charge in [-0.2, -0.15) is 5.10 Å². The van der Waals surface area contributed by atoms with Gasteiger partial charge in [0, 0.05) is 12.4 Å². The van der Waals surface area contributed by atoms with Gasteiger partial charge in [-0.1, -0.05) is 6.07 Å². The van der Waals surface area contributed by atoms with Crippen molar-refractivity contribution in [2.24, 2.45) is 0 Å². The summed E-state index contributed by atoms with van der Waals surface area (Å²) in [6, 6.07) is 5.54. The van der Waals surface area contributed by atoms with Crippen LogP contribution in [0.4, 0.5) is 0 Å². The predicted octanol–water partition coefficient (Wildman–Crippen LogP) is 2.25. The molecular formula is C16H19N5O. The molecule has 0 radical (unpaired) electrons. The number of amides is 1. The molecule has 0 bridgehead atoms. The molecule has 1 atom stereocenters. The van der Waals surface area contributed by atoms with Crippen LogP contribution in [0.25, 0.3) is 11.0 Å². The summed E-state index contributed by atoms with van der Waals surface area (Å²) < 4.78 is 1.63. The molecule has 22 heavy (non-hydrogen) atoms. The van der Waals surface area contributed by atoms with Gasteiger partial charge in [0.05, 0.1) is 17.6 Å². The molecule has 114 valence electrons. The van der Waals surface area contributed by atoms with E-state index in [4.69, 9.17) is 0 Å². The van der Waals surface area contributed by atoms with Gasteiger partial charge in [-0.25, -0.2) is 4.98 Å². The molecular weight excluding hydrogens is 278 g/mol. The second-order valence-corrected chi connectivity index (χ2v) is 5.47. The molecule has 0 aliphatic heterocycles. The Balaban J connectivity index is 1.71. The van der Waals surface area contributed by atoms with Crippen molar-refractivity contribution in [3.63, 3.8) is 0 Å². The number of imidazole rings is 1. The first-order valence-corrected chi connectivity index (χ1v) is 7.28. The fourth-order valence-electron chi connectivity index (χ4n) is 2.40. The number of aryl methyl sites for hydroxylation is 2. The Labute approximate surface area is 128 Å². The predicted molar refractivity (Wildman–Crippen MR) is 84.4 cm³/mol. The van der Waals surface area contributed by atoms with Gasteiger partial charge in [0.25, 0.3) is 0 Å². The third kappa shape index (κ3) is 2.59. The average molecular weight is 297 g/mol. The van der Waals surface area contributed by atoms with E-state index in [1.54, 1.807) is 23.1 Å². The number of nitrogens with one attached hydrogen (secondary N) is 2. The summed E-state index contributed by atoms with van der Waals surface area (Å²) in [5.74, 6) is 0.668. The molecule has 2 aromatic heterocycles. The minimum absolute atomic E-state index is 0.0861. The van der Waals surface area contributed by atoms with Crippen molar-refractivity contribution in [1.29, 1.82) is 0 Å². The molecule has 0 saturated carbocycles. The van der Waals surface area contributed by atoms with Crippen LogP contribution >= 0.6 is 0 Å². The lowest BCUT2D eigenvalue weighted by Crippen LogP contribution is -2.31. The standard InChI is InChI=1S/C16H19N5O/c1-10-5-6-13-15(11(10)2)20-14(19-13)9-17-16(22)12(3)21-8-4-7-18-21/h4-8,12H,9H2,1-3H3,(H,17,22)(H,19,20)/t12-/m0/s1. The molecule has 0 spiro atoms. The van der Waals surface area contributed by atoms with Crippen molar-refractivity contribution in [2.75, 3.05) is 0 Å². The average Bonchev–Trinajstić information content (AvgIpc) is 3.17. The number of carbonyl (C=O) groups is 1. The van der Waals surface area contributed by atoms with Gasteiger partial charge in [-0.3, -0.25) is 9.48 Å². The number of hydrogen-bond donors (Lipinski definition) is 2. The van der Waals surface area contributed by atoms with Crippen LogP contribution in [0.15, 0.2) is 30.6 Å². The zero-order valence-corrected chi connectivity index (χ0v) is 12.9. The van der Waals surface area contributed by atoms with Crippen molar-refractivity contribution in [3.8, 4) is 0 Å². The highest BCUT2D eigenvalue weighted by molar-refractivity contribution is 5.81. The molecule has 1 aromatic carbocycles. The van der Waals surface area contributed by atoms with E-state index in [0.717, 1.165) is 22.4 Å². The number of nitrogens with zero attached hydrogens (tertiary/aromatic N) is 3. The molecule has 0 unspecified atom stereocenters. The first kappa shape index (κ1) is 14.3. The second-order valence-electron chi connectivity index (χ2n) is 5.47. The zero-order valence-electron chi connectivity index (χ0n) is 12.9. The first-order valence-electron chi connectivity index (χ1n) is 7.28. The van der Waals surface area contributed by atoms with Crippen LogP contribution in [0, 0.1) is 13.8 Å². The quantitative estimate of drug-likeness (QED) is 0.775. The van der Waals surface area contributed by atoms with Gasteiger partial charge in [0.2, 0.25) is 5.91 Å². The molecule has 0 fully saturated rings. The Morgan fingerprint density at radius 1 is 1.41 bits per heavy atom. The number of aromatic amines is 1. The molecule has 6 nitrogen and oxygen atoms in total. The van der Waals surface area contributed by atoms with Gasteiger partial charge < -0.3 is 10.3 Å². The van der Waals surface area contributed by atoms with Crippen LogP contribution < -0.4 is 5.32 Å². The lowest BCUT2D eigenvalue weighted by molar-refractivity contribution is -0.124. The minimum atomic E-state index is -0.344. The summed E-state index contributed by atoms with van der Waals surface area (Å²) in [7, 11) is 0. The molecule has 6 heteroatoms. The maximum atomic E-state index is 12.1. The van der Waals surface area contributed by atoms with Crippen LogP contribution in [0.1, 0.15) is 29.9 Å². The molecule has 2 heterocycles. The van der Waals surface area contributed by atoms with Gasteiger partial charge >= 0.3 is 0 Å². The normalized spacial score (nSPS) is 12.5. The molecule has 0 saturated heterocycles. The van der Waals surface area contributed by atoms with Crippen LogP contribution in [0.5, 0.6) is 0 Å². The molecule has 2 N–H and O–H groups in total. The summed E-state index contributed by atoms with van der Waals surface area (Å²) in [6.45, 7) is 6.31. The van der Waals surface area contributed by atoms with Crippen molar-refractivity contribution in [1.82, 2.24) is 25.1 Å². The number of benzene rings is 1. The van der Waals surface area contributed by atoms with Crippen molar-refractivity contribution < 1.29 is 4.79 Å². The Hall–Kier alpha value is -2.63. The number of H-pyrrole nitrogens is 1. The molecule has 3 rings (SSSR count). The molecule has 1 amide bonds. The highest BCUT2D eigenvalue weighted by Gasteiger charge is 2.15. The van der Waals surface area contributed by atoms with Crippen LogP contribution in [0.2, 0.25) is 0 Å². The smallest absolute Gasteiger partial charge is 0.244 e. The number of fused-ring (bicyclic) bond motifs is 1. The van der Waals surface area contributed by atoms with Crippen LogP contribution in [0.3, 0.4) is 0 Å². The number of hydrogen-bond acceptors (Lipinski definition) is 3. The monoisotopic (exact) mass is 297 g/mol. The Bertz CT molecular complexity index is 803. The summed E-state index contributed by atoms with van der Waals surface area (Å²) in [6.07, 6.45) is 3.44. The maximum Gasteiger partial charge on any atom is 0.244 e. The van der Waals surface area contributed by atoms with E-state index in [-0.39, 0.29) is 11.9 Å². The highest BCUT2D eigenvalue weighted by atomic mass is 16.2. The van der Waals surface area contributed by atoms with E-state index < -0.39 is 0 Å². The summed E-state index contributed by atoms with van der Waals surface area (Å²) in [5.41, 5.74) is 4.33. The Kier molecular flexibility index (Phi) is 3.66. The zero-order chi connectivity index (χ0) is 15.7. The van der Waals surface area contributed by atoms with E-state index in [1.807, 2.05) is 13.0 Å². The maximum absolute atomic E-state index is 12.1. The number of carbonyl (C=O) groups excluding carboxylic acids is 1. The topological polar surface area (TPSA) is 75.6 Å². The van der Waals surface area contributed by atoms with Gasteiger partial charge in [-0.05, 0) is 44.0 Å². The lowest BCUT2D eigenvalue weighted by Gasteiger charge is -2.11.